The standard InChI is InChI=1S/C9H13N3O4S/c1-6(9(14)10-2)12-17(15,16)8-5-11-4-3-7(8)13/h3-6,12H,1-2H3,(H,10,14)(H,11,13). The maximum Gasteiger partial charge on any atom is 0.246 e. The number of sulfonamides is 1. The number of carbonyl (C=O) groups excluding carboxylic acids is 1. The number of hydrogen-bond acceptors (Lipinski definition) is 4. The summed E-state index contributed by atoms with van der Waals surface area (Å²) in [7, 11) is -2.61. The zero-order valence-corrected chi connectivity index (χ0v) is 10.2. The van der Waals surface area contributed by atoms with Crippen molar-refractivity contribution >= 4 is 15.9 Å². The lowest BCUT2D eigenvalue weighted by Gasteiger charge is -2.12. The van der Waals surface area contributed by atoms with Gasteiger partial charge in [0.15, 0.2) is 0 Å². The number of likely N-dealkylation sites (N-methyl/N-ethyl adjacent to an activating group) is 1. The molecule has 0 bridgehead atoms. The molecule has 17 heavy (non-hydrogen) atoms. The van der Waals surface area contributed by atoms with E-state index in [0.717, 1.165) is 12.3 Å². The summed E-state index contributed by atoms with van der Waals surface area (Å²) in [6.07, 6.45) is 2.39. The van der Waals surface area contributed by atoms with Crippen LogP contribution in [0.3, 0.4) is 0 Å². The predicted octanol–water partition coefficient (Wildman–Crippen LogP) is -1.21. The molecule has 8 heteroatoms. The molecule has 1 aromatic heterocycles. The molecule has 1 amide bonds. The number of amides is 1. The minimum absolute atomic E-state index is 0.421. The van der Waals surface area contributed by atoms with Crippen LogP contribution in [0.15, 0.2) is 28.2 Å². The molecule has 1 atom stereocenters. The van der Waals surface area contributed by atoms with Gasteiger partial charge in [0.05, 0.1) is 6.04 Å². The molecular formula is C9H13N3O4S. The van der Waals surface area contributed by atoms with E-state index in [9.17, 15) is 18.0 Å². The van der Waals surface area contributed by atoms with Gasteiger partial charge in [-0.2, -0.15) is 4.72 Å². The minimum Gasteiger partial charge on any atom is -0.366 e. The highest BCUT2D eigenvalue weighted by Gasteiger charge is 2.23. The van der Waals surface area contributed by atoms with Crippen LogP contribution in [0.1, 0.15) is 6.92 Å². The molecule has 1 unspecified atom stereocenters. The van der Waals surface area contributed by atoms with E-state index in [-0.39, 0.29) is 0 Å². The van der Waals surface area contributed by atoms with Crippen LogP contribution in [0.4, 0.5) is 0 Å². The predicted molar refractivity (Wildman–Crippen MR) is 60.9 cm³/mol. The van der Waals surface area contributed by atoms with Crippen LogP contribution in [-0.2, 0) is 14.8 Å². The molecule has 0 fully saturated rings. The van der Waals surface area contributed by atoms with Crippen molar-refractivity contribution in [2.24, 2.45) is 0 Å². The average molecular weight is 259 g/mol. The Labute approximate surface area is 98.3 Å². The summed E-state index contributed by atoms with van der Waals surface area (Å²) in [5.41, 5.74) is -0.639. The van der Waals surface area contributed by atoms with Crippen molar-refractivity contribution in [2.45, 2.75) is 17.9 Å². The molecule has 1 aromatic rings. The van der Waals surface area contributed by atoms with Crippen molar-refractivity contribution in [3.05, 3.63) is 28.7 Å². The molecule has 0 aliphatic heterocycles. The molecule has 94 valence electrons. The van der Waals surface area contributed by atoms with Crippen LogP contribution < -0.4 is 15.5 Å². The Balaban J connectivity index is 3.02. The molecule has 0 aliphatic carbocycles. The first kappa shape index (κ1) is 13.4. The maximum absolute atomic E-state index is 11.8. The third-order valence-corrected chi connectivity index (χ3v) is 3.61. The number of aromatic amines is 1. The molecule has 0 saturated heterocycles. The molecule has 0 aromatic carbocycles. The van der Waals surface area contributed by atoms with Crippen molar-refractivity contribution in [3.63, 3.8) is 0 Å². The van der Waals surface area contributed by atoms with Gasteiger partial charge in [-0.05, 0) is 6.92 Å². The van der Waals surface area contributed by atoms with E-state index in [1.807, 2.05) is 0 Å². The van der Waals surface area contributed by atoms with E-state index in [1.54, 1.807) is 0 Å². The van der Waals surface area contributed by atoms with Crippen LogP contribution in [-0.4, -0.2) is 32.4 Å². The first-order valence-electron chi connectivity index (χ1n) is 4.79. The zero-order valence-electron chi connectivity index (χ0n) is 9.35. The minimum atomic E-state index is -4.00. The van der Waals surface area contributed by atoms with Crippen molar-refractivity contribution in [2.75, 3.05) is 7.05 Å². The van der Waals surface area contributed by atoms with Gasteiger partial charge in [0.25, 0.3) is 0 Å². The Bertz CT molecular complexity index is 564. The largest absolute Gasteiger partial charge is 0.366 e. The normalized spacial score (nSPS) is 13.1. The molecule has 7 nitrogen and oxygen atoms in total. The Morgan fingerprint density at radius 2 is 2.12 bits per heavy atom. The van der Waals surface area contributed by atoms with Gasteiger partial charge in [0, 0.05) is 25.5 Å². The Morgan fingerprint density at radius 3 is 2.65 bits per heavy atom. The number of nitrogens with one attached hydrogen (secondary N) is 3. The van der Waals surface area contributed by atoms with Crippen LogP contribution in [0, 0.1) is 0 Å². The van der Waals surface area contributed by atoms with Crippen LogP contribution in [0.2, 0.25) is 0 Å². The van der Waals surface area contributed by atoms with Gasteiger partial charge in [-0.3, -0.25) is 9.59 Å². The second-order valence-corrected chi connectivity index (χ2v) is 5.01. The summed E-state index contributed by atoms with van der Waals surface area (Å²) < 4.78 is 25.6. The molecule has 1 rings (SSSR count). The van der Waals surface area contributed by atoms with Crippen molar-refractivity contribution in [1.29, 1.82) is 0 Å². The third kappa shape index (κ3) is 3.14. The maximum atomic E-state index is 11.8. The van der Waals surface area contributed by atoms with Crippen molar-refractivity contribution < 1.29 is 13.2 Å². The quantitative estimate of drug-likeness (QED) is 0.630. The van der Waals surface area contributed by atoms with Crippen LogP contribution >= 0.6 is 0 Å². The molecular weight excluding hydrogens is 246 g/mol. The summed E-state index contributed by atoms with van der Waals surface area (Å²) >= 11 is 0. The monoisotopic (exact) mass is 259 g/mol. The molecule has 0 radical (unpaired) electrons. The van der Waals surface area contributed by atoms with Gasteiger partial charge in [-0.1, -0.05) is 0 Å². The van der Waals surface area contributed by atoms with Gasteiger partial charge in [-0.25, -0.2) is 8.42 Å². The smallest absolute Gasteiger partial charge is 0.246 e. The van der Waals surface area contributed by atoms with E-state index < -0.39 is 32.3 Å². The number of aromatic nitrogens is 1. The number of hydrogen-bond donors (Lipinski definition) is 3. The summed E-state index contributed by atoms with van der Waals surface area (Å²) in [5.74, 6) is -0.485. The number of pyridine rings is 1. The van der Waals surface area contributed by atoms with Gasteiger partial charge in [-0.15, -0.1) is 0 Å². The highest BCUT2D eigenvalue weighted by Crippen LogP contribution is 2.01. The topological polar surface area (TPSA) is 108 Å². The summed E-state index contributed by atoms with van der Waals surface area (Å²) in [4.78, 5) is 24.6. The highest BCUT2D eigenvalue weighted by atomic mass is 32.2. The van der Waals surface area contributed by atoms with E-state index in [0.29, 0.717) is 0 Å². The molecule has 0 saturated carbocycles. The summed E-state index contributed by atoms with van der Waals surface area (Å²) in [5, 5.41) is 2.30. The van der Waals surface area contributed by atoms with E-state index in [1.165, 1.54) is 20.2 Å². The third-order valence-electron chi connectivity index (χ3n) is 2.05. The molecule has 0 aliphatic rings. The Hall–Kier alpha value is -1.67. The second-order valence-electron chi connectivity index (χ2n) is 3.33. The van der Waals surface area contributed by atoms with Gasteiger partial charge < -0.3 is 10.3 Å². The Morgan fingerprint density at radius 1 is 1.47 bits per heavy atom. The van der Waals surface area contributed by atoms with Crippen molar-refractivity contribution in [1.82, 2.24) is 15.0 Å². The lowest BCUT2D eigenvalue weighted by Crippen LogP contribution is -2.44. The number of H-pyrrole nitrogens is 1. The first-order valence-corrected chi connectivity index (χ1v) is 6.28. The Kier molecular flexibility index (Phi) is 4.02. The lowest BCUT2D eigenvalue weighted by atomic mass is 10.3. The zero-order chi connectivity index (χ0) is 13.1. The average Bonchev–Trinajstić information content (AvgIpc) is 2.27. The van der Waals surface area contributed by atoms with Gasteiger partial charge in [0.1, 0.15) is 4.90 Å². The van der Waals surface area contributed by atoms with Gasteiger partial charge in [0.2, 0.25) is 21.4 Å². The molecule has 3 N–H and O–H groups in total. The van der Waals surface area contributed by atoms with Crippen molar-refractivity contribution in [3.8, 4) is 0 Å². The van der Waals surface area contributed by atoms with E-state index in [4.69, 9.17) is 0 Å². The first-order chi connectivity index (χ1) is 7.88. The fourth-order valence-corrected chi connectivity index (χ4v) is 2.43. The fourth-order valence-electron chi connectivity index (χ4n) is 1.18. The number of carbonyl (C=O) groups is 1. The lowest BCUT2D eigenvalue weighted by molar-refractivity contribution is -0.121. The van der Waals surface area contributed by atoms with E-state index in [2.05, 4.69) is 15.0 Å². The summed E-state index contributed by atoms with van der Waals surface area (Å²) in [6, 6.07) is 0.142. The van der Waals surface area contributed by atoms with Crippen LogP contribution in [0.25, 0.3) is 0 Å². The van der Waals surface area contributed by atoms with E-state index >= 15 is 0 Å². The highest BCUT2D eigenvalue weighted by molar-refractivity contribution is 7.89. The SMILES string of the molecule is CNC(=O)C(C)NS(=O)(=O)c1c[nH]ccc1=O. The second kappa shape index (κ2) is 5.11. The van der Waals surface area contributed by atoms with Gasteiger partial charge >= 0.3 is 0 Å². The number of rotatable bonds is 4. The fraction of sp³-hybridized carbons (Fsp3) is 0.333. The van der Waals surface area contributed by atoms with Crippen LogP contribution in [0.5, 0.6) is 0 Å². The molecule has 0 spiro atoms. The molecule has 1 heterocycles. The summed E-state index contributed by atoms with van der Waals surface area (Å²) in [6.45, 7) is 1.38.